The van der Waals surface area contributed by atoms with E-state index in [0.29, 0.717) is 0 Å². The largest absolute Gasteiger partial charge is 0.504 e. The van der Waals surface area contributed by atoms with Gasteiger partial charge in [0.25, 0.3) is 11.8 Å². The Morgan fingerprint density at radius 2 is 1.26 bits per heavy atom. The first-order valence-electron chi connectivity index (χ1n) is 9.97. The van der Waals surface area contributed by atoms with Crippen LogP contribution in [-0.4, -0.2) is 89.7 Å². The second-order valence-corrected chi connectivity index (χ2v) is 7.87. The first-order chi connectivity index (χ1) is 15.8. The van der Waals surface area contributed by atoms with Crippen molar-refractivity contribution in [3.05, 3.63) is 35.4 Å². The molecule has 10 N–H and O–H groups in total. The molecule has 13 heteroatoms. The lowest BCUT2D eigenvalue weighted by Crippen LogP contribution is -2.56. The zero-order chi connectivity index (χ0) is 25.4. The predicted octanol–water partition coefficient (Wildman–Crippen LogP) is -1.04. The number of ether oxygens (including phenoxy) is 1. The third kappa shape index (κ3) is 4.57. The fraction of sp³-hybridized carbons (Fsp3) is 0.333. The highest BCUT2D eigenvalue weighted by atomic mass is 16.5. The summed E-state index contributed by atoms with van der Waals surface area (Å²) in [4.78, 5) is 24.6. The first-order valence-corrected chi connectivity index (χ1v) is 9.97. The molecular formula is C21H24N2O11. The summed E-state index contributed by atoms with van der Waals surface area (Å²) in [5, 5.41) is 83.1. The maximum atomic E-state index is 12.3. The molecule has 1 aliphatic heterocycles. The summed E-state index contributed by atoms with van der Waals surface area (Å²) in [7, 11) is 0. The van der Waals surface area contributed by atoms with Crippen LogP contribution in [0.1, 0.15) is 27.6 Å². The van der Waals surface area contributed by atoms with E-state index in [2.05, 4.69) is 10.6 Å². The zero-order valence-electron chi connectivity index (χ0n) is 17.8. The van der Waals surface area contributed by atoms with E-state index in [0.717, 1.165) is 24.3 Å². The van der Waals surface area contributed by atoms with Crippen LogP contribution in [0.25, 0.3) is 0 Å². The molecule has 2 aromatic rings. The van der Waals surface area contributed by atoms with Crippen LogP contribution in [-0.2, 0) is 4.74 Å². The number of phenolic OH excluding ortho intramolecular Hbond substituents is 6. The summed E-state index contributed by atoms with van der Waals surface area (Å²) in [6, 6.07) is 3.64. The van der Waals surface area contributed by atoms with Crippen molar-refractivity contribution >= 4 is 11.8 Å². The van der Waals surface area contributed by atoms with Crippen LogP contribution in [0.15, 0.2) is 24.3 Å². The minimum Gasteiger partial charge on any atom is -0.504 e. The van der Waals surface area contributed by atoms with E-state index in [1.165, 1.54) is 6.92 Å². The molecule has 1 saturated heterocycles. The average Bonchev–Trinajstić information content (AvgIpc) is 3.00. The van der Waals surface area contributed by atoms with Gasteiger partial charge in [-0.1, -0.05) is 0 Å². The Labute approximate surface area is 192 Å². The normalized spacial score (nSPS) is 24.0. The third-order valence-corrected chi connectivity index (χ3v) is 5.61. The van der Waals surface area contributed by atoms with Crippen molar-refractivity contribution in [1.29, 1.82) is 0 Å². The Morgan fingerprint density at radius 3 is 1.71 bits per heavy atom. The maximum absolute atomic E-state index is 12.3. The van der Waals surface area contributed by atoms with Gasteiger partial charge in [0, 0.05) is 17.7 Å². The van der Waals surface area contributed by atoms with Crippen molar-refractivity contribution in [3.63, 3.8) is 0 Å². The number of benzene rings is 2. The molecule has 4 atom stereocenters. The Hall–Kier alpha value is -3.94. The van der Waals surface area contributed by atoms with E-state index >= 15 is 0 Å². The van der Waals surface area contributed by atoms with Gasteiger partial charge in [0.2, 0.25) is 0 Å². The van der Waals surface area contributed by atoms with E-state index in [1.807, 2.05) is 0 Å². The number of carbonyl (C=O) groups is 2. The minimum atomic E-state index is -1.97. The van der Waals surface area contributed by atoms with Crippen molar-refractivity contribution in [3.8, 4) is 34.5 Å². The van der Waals surface area contributed by atoms with Gasteiger partial charge in [-0.3, -0.25) is 9.59 Å². The van der Waals surface area contributed by atoms with Crippen molar-refractivity contribution in [2.24, 2.45) is 0 Å². The smallest absolute Gasteiger partial charge is 0.251 e. The molecule has 13 nitrogen and oxygen atoms in total. The first kappa shape index (κ1) is 24.7. The van der Waals surface area contributed by atoms with Crippen LogP contribution in [0.4, 0.5) is 0 Å². The lowest BCUT2D eigenvalue weighted by atomic mass is 9.91. The van der Waals surface area contributed by atoms with E-state index in [1.54, 1.807) is 0 Å². The molecule has 184 valence electrons. The second-order valence-electron chi connectivity index (χ2n) is 7.87. The van der Waals surface area contributed by atoms with Crippen LogP contribution in [0, 0.1) is 0 Å². The molecule has 0 aliphatic carbocycles. The van der Waals surface area contributed by atoms with Gasteiger partial charge in [-0.25, -0.2) is 0 Å². The zero-order valence-corrected chi connectivity index (χ0v) is 17.8. The average molecular weight is 480 g/mol. The lowest BCUT2D eigenvalue weighted by Gasteiger charge is -2.29. The molecule has 1 fully saturated rings. The molecule has 0 aromatic heterocycles. The number of hydrogen-bond acceptors (Lipinski definition) is 11. The maximum Gasteiger partial charge on any atom is 0.251 e. The van der Waals surface area contributed by atoms with Gasteiger partial charge >= 0.3 is 0 Å². The number of aliphatic hydroxyl groups is 2. The molecular weight excluding hydrogens is 456 g/mol. The molecule has 0 saturated carbocycles. The van der Waals surface area contributed by atoms with Gasteiger partial charge in [0.1, 0.15) is 17.8 Å². The minimum absolute atomic E-state index is 0.184. The Morgan fingerprint density at radius 1 is 0.853 bits per heavy atom. The number of phenols is 6. The molecule has 3 rings (SSSR count). The number of hydrogen-bond donors (Lipinski definition) is 10. The quantitative estimate of drug-likeness (QED) is 0.224. The van der Waals surface area contributed by atoms with Gasteiger partial charge < -0.3 is 56.2 Å². The fourth-order valence-electron chi connectivity index (χ4n) is 3.51. The highest BCUT2D eigenvalue weighted by Crippen LogP contribution is 2.36. The van der Waals surface area contributed by atoms with Crippen molar-refractivity contribution < 1.29 is 55.2 Å². The fourth-order valence-corrected chi connectivity index (χ4v) is 3.51. The summed E-state index contributed by atoms with van der Waals surface area (Å²) in [5.41, 5.74) is -2.38. The standard InChI is InChI=1S/C21H24N2O11/c1-8-21(33,7-23-20(32)10-4-13(26)17(29)14(27)5-10)18(30)15(34-8)6-22-19(31)9-2-11(24)16(28)12(25)3-9/h2-5,8,15,18,24-30,33H,6-7H2,1H3,(H,22,31)(H,23,32)/t8?,15-,18-,21+/m1/s1. The number of nitrogens with one attached hydrogen (secondary N) is 2. The SMILES string of the molecule is CC1O[C@H](CNC(=O)c2cc(O)c(O)c(O)c2)[C@@H](O)[C@]1(O)CNC(=O)c1cc(O)c(O)c(O)c1. The predicted molar refractivity (Wildman–Crippen MR) is 113 cm³/mol. The Kier molecular flexibility index (Phi) is 6.63. The van der Waals surface area contributed by atoms with Crippen LogP contribution in [0.3, 0.4) is 0 Å². The summed E-state index contributed by atoms with van der Waals surface area (Å²) in [6.45, 7) is 0.648. The van der Waals surface area contributed by atoms with Crippen molar-refractivity contribution in [1.82, 2.24) is 10.6 Å². The van der Waals surface area contributed by atoms with Gasteiger partial charge in [-0.15, -0.1) is 0 Å². The van der Waals surface area contributed by atoms with Crippen LogP contribution < -0.4 is 10.6 Å². The second kappa shape index (κ2) is 9.13. The van der Waals surface area contributed by atoms with Gasteiger partial charge in [0.15, 0.2) is 34.5 Å². The number of aromatic hydroxyl groups is 6. The Balaban J connectivity index is 1.63. The third-order valence-electron chi connectivity index (χ3n) is 5.61. The molecule has 0 bridgehead atoms. The molecule has 1 unspecified atom stereocenters. The molecule has 1 aliphatic rings. The van der Waals surface area contributed by atoms with Crippen LogP contribution in [0.2, 0.25) is 0 Å². The highest BCUT2D eigenvalue weighted by Gasteiger charge is 2.53. The number of amides is 2. The Bertz CT molecular complexity index is 1080. The number of carbonyl (C=O) groups excluding carboxylic acids is 2. The molecule has 1 heterocycles. The molecule has 0 spiro atoms. The molecule has 34 heavy (non-hydrogen) atoms. The summed E-state index contributed by atoms with van der Waals surface area (Å²) >= 11 is 0. The van der Waals surface area contributed by atoms with Crippen molar-refractivity contribution in [2.45, 2.75) is 30.8 Å². The molecule has 2 amide bonds. The monoisotopic (exact) mass is 480 g/mol. The van der Waals surface area contributed by atoms with Gasteiger partial charge in [0.05, 0.1) is 12.6 Å². The van der Waals surface area contributed by atoms with Crippen LogP contribution in [0.5, 0.6) is 34.5 Å². The summed E-state index contributed by atoms with van der Waals surface area (Å²) in [6.07, 6.45) is -3.65. The highest BCUT2D eigenvalue weighted by molar-refractivity contribution is 5.96. The summed E-state index contributed by atoms with van der Waals surface area (Å²) in [5.74, 6) is -6.07. The van der Waals surface area contributed by atoms with Crippen LogP contribution >= 0.6 is 0 Å². The summed E-state index contributed by atoms with van der Waals surface area (Å²) < 4.78 is 5.52. The van der Waals surface area contributed by atoms with E-state index in [9.17, 15) is 50.4 Å². The van der Waals surface area contributed by atoms with Crippen molar-refractivity contribution in [2.75, 3.05) is 13.1 Å². The van der Waals surface area contributed by atoms with Gasteiger partial charge in [-0.05, 0) is 31.2 Å². The van der Waals surface area contributed by atoms with E-state index in [-0.39, 0.29) is 17.7 Å². The number of aliphatic hydroxyl groups excluding tert-OH is 1. The molecule has 0 radical (unpaired) electrons. The van der Waals surface area contributed by atoms with E-state index in [4.69, 9.17) is 4.74 Å². The van der Waals surface area contributed by atoms with Gasteiger partial charge in [-0.2, -0.15) is 0 Å². The van der Waals surface area contributed by atoms with E-state index < -0.39 is 76.8 Å². The number of rotatable bonds is 6. The lowest BCUT2D eigenvalue weighted by molar-refractivity contribution is -0.0682. The molecule has 2 aromatic carbocycles. The topological polar surface area (TPSA) is 229 Å².